The number of carboxylic acids is 1. The van der Waals surface area contributed by atoms with Crippen LogP contribution in [0, 0.1) is 0 Å². The highest BCUT2D eigenvalue weighted by atomic mass is 32.2. The Morgan fingerprint density at radius 3 is 2.55 bits per heavy atom. The van der Waals surface area contributed by atoms with E-state index >= 15 is 0 Å². The Balaban J connectivity index is 2.20. The van der Waals surface area contributed by atoms with E-state index in [0.29, 0.717) is 10.4 Å². The maximum absolute atomic E-state index is 11.3. The van der Waals surface area contributed by atoms with Gasteiger partial charge in [0.15, 0.2) is 5.69 Å². The summed E-state index contributed by atoms with van der Waals surface area (Å²) in [4.78, 5) is 16.8. The van der Waals surface area contributed by atoms with Crippen LogP contribution in [0.3, 0.4) is 0 Å². The average molecular weight is 283 g/mol. The van der Waals surface area contributed by atoms with Gasteiger partial charge in [-0.05, 0) is 18.2 Å². The van der Waals surface area contributed by atoms with Crippen molar-refractivity contribution in [3.05, 3.63) is 54.5 Å². The first-order chi connectivity index (χ1) is 9.75. The van der Waals surface area contributed by atoms with Crippen molar-refractivity contribution >= 4 is 28.6 Å². The summed E-state index contributed by atoms with van der Waals surface area (Å²) in [6, 6.07) is 11.0. The van der Waals surface area contributed by atoms with Gasteiger partial charge in [0.25, 0.3) is 0 Å². The molecule has 98 valence electrons. The maximum Gasteiger partial charge on any atom is 0.357 e. The monoisotopic (exact) mass is 283 g/mol. The highest BCUT2D eigenvalue weighted by molar-refractivity contribution is 7.99. The lowest BCUT2D eigenvalue weighted by molar-refractivity contribution is 0.0685. The zero-order chi connectivity index (χ0) is 13.9. The molecule has 3 aromatic rings. The highest BCUT2D eigenvalue weighted by Crippen LogP contribution is 2.34. The molecule has 3 rings (SSSR count). The van der Waals surface area contributed by atoms with Crippen LogP contribution in [0.2, 0.25) is 0 Å². The van der Waals surface area contributed by atoms with Gasteiger partial charge in [0.2, 0.25) is 0 Å². The zero-order valence-electron chi connectivity index (χ0n) is 10.2. The second-order valence-electron chi connectivity index (χ2n) is 3.99. The summed E-state index contributed by atoms with van der Waals surface area (Å²) in [5, 5.41) is 17.8. The minimum atomic E-state index is -1.08. The molecule has 20 heavy (non-hydrogen) atoms. The predicted octanol–water partition coefficient (Wildman–Crippen LogP) is 2.87. The number of aromatic carboxylic acids is 1. The number of carbonyl (C=O) groups is 1. The number of nitrogens with zero attached hydrogens (tertiary/aromatic N) is 3. The lowest BCUT2D eigenvalue weighted by atomic mass is 10.2. The van der Waals surface area contributed by atoms with Crippen molar-refractivity contribution in [1.82, 2.24) is 15.2 Å². The van der Waals surface area contributed by atoms with Gasteiger partial charge in [-0.3, -0.25) is 4.98 Å². The average Bonchev–Trinajstić information content (AvgIpc) is 2.48. The van der Waals surface area contributed by atoms with Gasteiger partial charge in [0, 0.05) is 22.7 Å². The van der Waals surface area contributed by atoms with Crippen molar-refractivity contribution in [2.24, 2.45) is 0 Å². The molecular formula is C14H9N3O2S. The van der Waals surface area contributed by atoms with Crippen molar-refractivity contribution in [2.75, 3.05) is 0 Å². The molecule has 0 aliphatic carbocycles. The fourth-order valence-electron chi connectivity index (χ4n) is 1.80. The Kier molecular flexibility index (Phi) is 3.30. The van der Waals surface area contributed by atoms with Crippen LogP contribution in [0.4, 0.5) is 0 Å². The Bertz CT molecular complexity index is 778. The first-order valence-electron chi connectivity index (χ1n) is 5.82. The van der Waals surface area contributed by atoms with Gasteiger partial charge in [0.1, 0.15) is 0 Å². The Morgan fingerprint density at radius 1 is 1.05 bits per heavy atom. The summed E-state index contributed by atoms with van der Waals surface area (Å²) in [5.41, 5.74) is 0.638. The van der Waals surface area contributed by atoms with Crippen molar-refractivity contribution < 1.29 is 9.90 Å². The van der Waals surface area contributed by atoms with Crippen LogP contribution in [-0.2, 0) is 0 Å². The summed E-state index contributed by atoms with van der Waals surface area (Å²) in [5.74, 6) is -1.08. The lowest BCUT2D eigenvalue weighted by Gasteiger charge is -2.07. The largest absolute Gasteiger partial charge is 0.476 e. The van der Waals surface area contributed by atoms with Gasteiger partial charge in [-0.15, -0.1) is 10.2 Å². The molecule has 2 aromatic heterocycles. The number of aromatic nitrogens is 3. The molecule has 0 aliphatic rings. The van der Waals surface area contributed by atoms with E-state index in [-0.39, 0.29) is 5.69 Å². The third-order valence-corrected chi connectivity index (χ3v) is 3.82. The van der Waals surface area contributed by atoms with Gasteiger partial charge >= 0.3 is 5.97 Å². The van der Waals surface area contributed by atoms with E-state index in [4.69, 9.17) is 0 Å². The summed E-state index contributed by atoms with van der Waals surface area (Å²) in [7, 11) is 0. The van der Waals surface area contributed by atoms with Crippen LogP contribution in [0.25, 0.3) is 10.9 Å². The van der Waals surface area contributed by atoms with E-state index in [1.807, 2.05) is 36.4 Å². The van der Waals surface area contributed by atoms with E-state index in [9.17, 15) is 9.90 Å². The first kappa shape index (κ1) is 12.6. The van der Waals surface area contributed by atoms with E-state index in [1.165, 1.54) is 11.8 Å². The van der Waals surface area contributed by atoms with E-state index in [1.54, 1.807) is 12.4 Å². The summed E-state index contributed by atoms with van der Waals surface area (Å²) >= 11 is 1.35. The number of benzene rings is 1. The molecule has 0 atom stereocenters. The lowest BCUT2D eigenvalue weighted by Crippen LogP contribution is -2.05. The second-order valence-corrected chi connectivity index (χ2v) is 5.07. The number of carboxylic acid groups (broad SMARTS) is 1. The Labute approximate surface area is 118 Å². The highest BCUT2D eigenvalue weighted by Gasteiger charge is 2.17. The van der Waals surface area contributed by atoms with Crippen molar-refractivity contribution in [2.45, 2.75) is 9.79 Å². The van der Waals surface area contributed by atoms with Crippen LogP contribution >= 0.6 is 11.8 Å². The Hall–Kier alpha value is -2.47. The molecule has 6 heteroatoms. The minimum absolute atomic E-state index is 0.0366. The Morgan fingerprint density at radius 2 is 1.80 bits per heavy atom. The molecule has 0 fully saturated rings. The summed E-state index contributed by atoms with van der Waals surface area (Å²) in [6.45, 7) is 0. The normalized spacial score (nSPS) is 10.6. The number of hydrogen-bond acceptors (Lipinski definition) is 5. The fourth-order valence-corrected chi connectivity index (χ4v) is 2.80. The van der Waals surface area contributed by atoms with Crippen LogP contribution in [0.1, 0.15) is 10.5 Å². The molecule has 5 nitrogen and oxygen atoms in total. The molecule has 0 bridgehead atoms. The minimum Gasteiger partial charge on any atom is -0.476 e. The number of hydrogen-bond donors (Lipinski definition) is 1. The molecular weight excluding hydrogens is 274 g/mol. The smallest absolute Gasteiger partial charge is 0.357 e. The molecule has 1 N–H and O–H groups in total. The molecule has 2 heterocycles. The number of pyridine rings is 1. The van der Waals surface area contributed by atoms with Crippen LogP contribution in [0.15, 0.2) is 58.6 Å². The molecule has 0 amide bonds. The topological polar surface area (TPSA) is 76.0 Å². The van der Waals surface area contributed by atoms with E-state index in [0.717, 1.165) is 10.3 Å². The fraction of sp³-hybridized carbons (Fsp3) is 0. The second kappa shape index (κ2) is 5.26. The third kappa shape index (κ3) is 2.33. The molecule has 0 saturated carbocycles. The molecule has 0 saturated heterocycles. The SMILES string of the molecule is O=C(O)c1nnc2ccccc2c1Sc1ccncc1. The van der Waals surface area contributed by atoms with Gasteiger partial charge in [-0.25, -0.2) is 4.79 Å². The quantitative estimate of drug-likeness (QED) is 0.796. The van der Waals surface area contributed by atoms with Crippen LogP contribution in [0.5, 0.6) is 0 Å². The summed E-state index contributed by atoms with van der Waals surface area (Å²) in [6.07, 6.45) is 3.33. The van der Waals surface area contributed by atoms with E-state index in [2.05, 4.69) is 15.2 Å². The van der Waals surface area contributed by atoms with Crippen LogP contribution < -0.4 is 0 Å². The number of fused-ring (bicyclic) bond motifs is 1. The zero-order valence-corrected chi connectivity index (χ0v) is 11.0. The molecule has 0 spiro atoms. The van der Waals surface area contributed by atoms with Crippen molar-refractivity contribution in [3.8, 4) is 0 Å². The standard InChI is InChI=1S/C14H9N3O2S/c18-14(19)12-13(20-9-5-7-15-8-6-9)10-3-1-2-4-11(10)16-17-12/h1-8H,(H,18,19). The molecule has 0 radical (unpaired) electrons. The molecule has 0 aliphatic heterocycles. The molecule has 0 unspecified atom stereocenters. The first-order valence-corrected chi connectivity index (χ1v) is 6.64. The van der Waals surface area contributed by atoms with Gasteiger partial charge < -0.3 is 5.11 Å². The van der Waals surface area contributed by atoms with Crippen molar-refractivity contribution in [3.63, 3.8) is 0 Å². The van der Waals surface area contributed by atoms with Gasteiger partial charge in [-0.2, -0.15) is 0 Å². The predicted molar refractivity (Wildman–Crippen MR) is 74.9 cm³/mol. The summed E-state index contributed by atoms with van der Waals surface area (Å²) < 4.78 is 0. The molecule has 1 aromatic carbocycles. The van der Waals surface area contributed by atoms with Crippen molar-refractivity contribution in [1.29, 1.82) is 0 Å². The van der Waals surface area contributed by atoms with Gasteiger partial charge in [-0.1, -0.05) is 30.0 Å². The van der Waals surface area contributed by atoms with Crippen LogP contribution in [-0.4, -0.2) is 26.3 Å². The number of rotatable bonds is 3. The van der Waals surface area contributed by atoms with Gasteiger partial charge in [0.05, 0.1) is 10.4 Å². The maximum atomic E-state index is 11.3. The van der Waals surface area contributed by atoms with E-state index < -0.39 is 5.97 Å². The third-order valence-electron chi connectivity index (χ3n) is 2.69.